The van der Waals surface area contributed by atoms with Gasteiger partial charge in [-0.15, -0.1) is 0 Å². The van der Waals surface area contributed by atoms with Gasteiger partial charge in [-0.2, -0.15) is 8.42 Å². The normalized spacial score (nSPS) is 25.6. The Bertz CT molecular complexity index is 483. The van der Waals surface area contributed by atoms with Crippen molar-refractivity contribution in [3.05, 3.63) is 30.3 Å². The van der Waals surface area contributed by atoms with Crippen LogP contribution in [-0.4, -0.2) is 36.0 Å². The Labute approximate surface area is 101 Å². The highest BCUT2D eigenvalue weighted by Crippen LogP contribution is 2.46. The van der Waals surface area contributed by atoms with Crippen LogP contribution in [0.25, 0.3) is 0 Å². The average Bonchev–Trinajstić information content (AvgIpc) is 2.58. The van der Waals surface area contributed by atoms with Crippen LogP contribution in [0.2, 0.25) is 0 Å². The molecule has 2 N–H and O–H groups in total. The molecule has 6 nitrogen and oxygen atoms in total. The van der Waals surface area contributed by atoms with E-state index in [9.17, 15) is 17.5 Å². The molecule has 0 aliphatic carbocycles. The first-order chi connectivity index (χ1) is 7.89. The van der Waals surface area contributed by atoms with E-state index in [1.165, 1.54) is 12.1 Å². The van der Waals surface area contributed by atoms with Gasteiger partial charge in [0.1, 0.15) is 6.10 Å². The fraction of sp³-hybridized carbons (Fsp3) is 0.333. The molecule has 1 aromatic carbocycles. The summed E-state index contributed by atoms with van der Waals surface area (Å²) in [6, 6.07) is 7.66. The molecule has 96 valence electrons. The van der Waals surface area contributed by atoms with Crippen LogP contribution in [-0.2, 0) is 18.5 Å². The summed E-state index contributed by atoms with van der Waals surface area (Å²) in [4.78, 5) is 0.0309. The van der Waals surface area contributed by atoms with Crippen LogP contribution in [0, 0.1) is 0 Å². The molecule has 1 unspecified atom stereocenters. The molecule has 0 radical (unpaired) electrons. The summed E-state index contributed by atoms with van der Waals surface area (Å²) < 4.78 is 51.4. The molecule has 1 fully saturated rings. The fourth-order valence-corrected chi connectivity index (χ4v) is 3.68. The highest BCUT2D eigenvalue weighted by Gasteiger charge is 2.36. The molecule has 1 aliphatic rings. The second-order valence-corrected chi connectivity index (χ2v) is 6.90. The van der Waals surface area contributed by atoms with Gasteiger partial charge in [-0.25, -0.2) is 0 Å². The third-order valence-electron chi connectivity index (χ3n) is 2.14. The van der Waals surface area contributed by atoms with Crippen molar-refractivity contribution in [1.82, 2.24) is 0 Å². The second-order valence-electron chi connectivity index (χ2n) is 3.54. The van der Waals surface area contributed by atoms with Crippen molar-refractivity contribution in [1.29, 1.82) is 0 Å². The number of rotatable bonds is 3. The van der Waals surface area contributed by atoms with Crippen LogP contribution < -0.4 is 0 Å². The van der Waals surface area contributed by atoms with E-state index in [2.05, 4.69) is 4.18 Å². The zero-order valence-corrected chi connectivity index (χ0v) is 10.4. The van der Waals surface area contributed by atoms with Crippen LogP contribution in [0.5, 0.6) is 0 Å². The molecule has 2 rings (SSSR count). The van der Waals surface area contributed by atoms with Gasteiger partial charge in [0.15, 0.2) is 0 Å². The predicted molar refractivity (Wildman–Crippen MR) is 62.2 cm³/mol. The van der Waals surface area contributed by atoms with Crippen molar-refractivity contribution in [2.24, 2.45) is 0 Å². The Morgan fingerprint density at radius 2 is 1.94 bits per heavy atom. The molecular formula is C9H12O6S2. The Morgan fingerprint density at radius 3 is 2.47 bits per heavy atom. The molecule has 0 amide bonds. The fourth-order valence-electron chi connectivity index (χ4n) is 1.40. The molecular weight excluding hydrogens is 268 g/mol. The Balaban J connectivity index is 2.09. The summed E-state index contributed by atoms with van der Waals surface area (Å²) >= 11 is 0. The lowest BCUT2D eigenvalue weighted by atomic mass is 10.4. The van der Waals surface area contributed by atoms with Crippen LogP contribution in [0.15, 0.2) is 35.2 Å². The van der Waals surface area contributed by atoms with Gasteiger partial charge < -0.3 is 9.11 Å². The van der Waals surface area contributed by atoms with E-state index >= 15 is 0 Å². The van der Waals surface area contributed by atoms with Gasteiger partial charge in [0.25, 0.3) is 10.1 Å². The summed E-state index contributed by atoms with van der Waals surface area (Å²) in [6.07, 6.45) is -0.856. The SMILES string of the molecule is O=S(=O)(OC1COS(O)(O)C1)c1ccccc1. The molecule has 0 aromatic heterocycles. The number of hydrogen-bond donors (Lipinski definition) is 2. The van der Waals surface area contributed by atoms with E-state index in [1.807, 2.05) is 0 Å². The van der Waals surface area contributed by atoms with Gasteiger partial charge in [0.2, 0.25) is 0 Å². The first kappa shape index (κ1) is 12.8. The molecule has 0 spiro atoms. The first-order valence-corrected chi connectivity index (χ1v) is 7.83. The van der Waals surface area contributed by atoms with Crippen molar-refractivity contribution in [3.8, 4) is 0 Å². The highest BCUT2D eigenvalue weighted by atomic mass is 32.3. The maximum absolute atomic E-state index is 11.8. The molecule has 8 heteroatoms. The standard InChI is InChI=1S/C9H12O6S2/c10-16(11)7-8(6-14-16)15-17(12,13)9-4-2-1-3-5-9/h1-5,8,10-11H,6-7H2. The zero-order valence-electron chi connectivity index (χ0n) is 8.72. The van der Waals surface area contributed by atoms with Gasteiger partial charge in [0.05, 0.1) is 28.1 Å². The van der Waals surface area contributed by atoms with Gasteiger partial charge >= 0.3 is 0 Å². The predicted octanol–water partition coefficient (Wildman–Crippen LogP) is 1.46. The van der Waals surface area contributed by atoms with Crippen molar-refractivity contribution < 1.29 is 25.9 Å². The molecule has 1 heterocycles. The van der Waals surface area contributed by atoms with E-state index < -0.39 is 27.1 Å². The van der Waals surface area contributed by atoms with E-state index in [-0.39, 0.29) is 17.3 Å². The average molecular weight is 280 g/mol. The summed E-state index contributed by atoms with van der Waals surface area (Å²) in [5, 5.41) is 0. The largest absolute Gasteiger partial charge is 0.308 e. The summed E-state index contributed by atoms with van der Waals surface area (Å²) in [7, 11) is -7.02. The van der Waals surface area contributed by atoms with Crippen molar-refractivity contribution in [2.45, 2.75) is 11.0 Å². The zero-order chi connectivity index (χ0) is 12.5. The Morgan fingerprint density at radius 1 is 1.29 bits per heavy atom. The minimum atomic E-state index is -3.88. The minimum absolute atomic E-state index is 0.0309. The second kappa shape index (κ2) is 4.56. The van der Waals surface area contributed by atoms with E-state index in [0.29, 0.717) is 0 Å². The van der Waals surface area contributed by atoms with Gasteiger partial charge in [0, 0.05) is 0 Å². The molecule has 1 saturated heterocycles. The van der Waals surface area contributed by atoms with E-state index in [4.69, 9.17) is 4.18 Å². The number of benzene rings is 1. The molecule has 0 bridgehead atoms. The van der Waals surface area contributed by atoms with Crippen LogP contribution >= 0.6 is 10.9 Å². The minimum Gasteiger partial charge on any atom is -0.308 e. The lowest BCUT2D eigenvalue weighted by Gasteiger charge is -2.17. The summed E-state index contributed by atoms with van der Waals surface area (Å²) in [5.41, 5.74) is 0. The maximum atomic E-state index is 11.8. The van der Waals surface area contributed by atoms with Crippen molar-refractivity contribution in [3.63, 3.8) is 0 Å². The lowest BCUT2D eigenvalue weighted by Crippen LogP contribution is -2.21. The van der Waals surface area contributed by atoms with Crippen LogP contribution in [0.4, 0.5) is 0 Å². The van der Waals surface area contributed by atoms with E-state index in [0.717, 1.165) is 0 Å². The molecule has 1 aliphatic heterocycles. The molecule has 0 saturated carbocycles. The first-order valence-electron chi connectivity index (χ1n) is 4.78. The lowest BCUT2D eigenvalue weighted by molar-refractivity contribution is 0.180. The smallest absolute Gasteiger partial charge is 0.297 e. The Hall–Kier alpha value is -0.640. The molecule has 1 aromatic rings. The number of hydrogen-bond acceptors (Lipinski definition) is 6. The van der Waals surface area contributed by atoms with Gasteiger partial charge in [-0.05, 0) is 12.1 Å². The third-order valence-corrected chi connectivity index (χ3v) is 4.83. The van der Waals surface area contributed by atoms with Crippen LogP contribution in [0.3, 0.4) is 0 Å². The molecule has 17 heavy (non-hydrogen) atoms. The maximum Gasteiger partial charge on any atom is 0.297 e. The highest BCUT2D eigenvalue weighted by molar-refractivity contribution is 8.20. The van der Waals surface area contributed by atoms with Crippen molar-refractivity contribution >= 4 is 21.0 Å². The van der Waals surface area contributed by atoms with Crippen molar-refractivity contribution in [2.75, 3.05) is 12.4 Å². The van der Waals surface area contributed by atoms with Gasteiger partial charge in [-0.3, -0.25) is 8.37 Å². The van der Waals surface area contributed by atoms with Gasteiger partial charge in [-0.1, -0.05) is 18.2 Å². The summed E-state index contributed by atoms with van der Waals surface area (Å²) in [5.74, 6) is -0.223. The third kappa shape index (κ3) is 3.18. The monoisotopic (exact) mass is 280 g/mol. The van der Waals surface area contributed by atoms with E-state index in [1.54, 1.807) is 18.2 Å². The molecule has 1 atom stereocenters. The topological polar surface area (TPSA) is 93.1 Å². The quantitative estimate of drug-likeness (QED) is 0.814. The Kier molecular flexibility index (Phi) is 3.43. The summed E-state index contributed by atoms with van der Waals surface area (Å²) in [6.45, 7) is -0.144. The van der Waals surface area contributed by atoms with Crippen LogP contribution in [0.1, 0.15) is 0 Å².